The summed E-state index contributed by atoms with van der Waals surface area (Å²) in [7, 11) is 6.03. The second-order valence-corrected chi connectivity index (χ2v) is 14.2. The molecule has 6 aromatic rings. The zero-order valence-corrected chi connectivity index (χ0v) is 33.4. The number of aromatic nitrogens is 4. The minimum Gasteiger partial charge on any atom is -0.493 e. The summed E-state index contributed by atoms with van der Waals surface area (Å²) in [6, 6.07) is 29.4. The topological polar surface area (TPSA) is 113 Å². The Kier molecular flexibility index (Phi) is 13.7. The fourth-order valence-corrected chi connectivity index (χ4v) is 6.39. The lowest BCUT2D eigenvalue weighted by atomic mass is 10.0. The highest BCUT2D eigenvalue weighted by Gasteiger charge is 2.13. The number of pyridine rings is 4. The van der Waals surface area contributed by atoms with Gasteiger partial charge in [0.05, 0.1) is 46.3 Å². The van der Waals surface area contributed by atoms with Gasteiger partial charge in [-0.3, -0.25) is 9.97 Å². The van der Waals surface area contributed by atoms with Gasteiger partial charge in [-0.1, -0.05) is 74.8 Å². The number of carbonyl (C=O) groups is 1. The molecular weight excluding hydrogens is 709 g/mol. The van der Waals surface area contributed by atoms with E-state index in [1.807, 2.05) is 63.6 Å². The van der Waals surface area contributed by atoms with Gasteiger partial charge in [0.25, 0.3) is 0 Å². The number of unbranched alkanes of at least 4 members (excludes halogenated alkanes) is 3. The van der Waals surface area contributed by atoms with Gasteiger partial charge in [0, 0.05) is 44.3 Å². The van der Waals surface area contributed by atoms with Crippen LogP contribution < -0.4 is 15.0 Å². The third kappa shape index (κ3) is 10.9. The van der Waals surface area contributed by atoms with Crippen molar-refractivity contribution in [2.75, 3.05) is 32.6 Å². The quantitative estimate of drug-likeness (QED) is 0.0878. The van der Waals surface area contributed by atoms with Crippen molar-refractivity contribution < 1.29 is 14.6 Å². The van der Waals surface area contributed by atoms with Gasteiger partial charge in [-0.25, -0.2) is 14.8 Å². The molecule has 0 radical (unpaired) electrons. The van der Waals surface area contributed by atoms with Crippen molar-refractivity contribution in [2.24, 2.45) is 0 Å². The molecule has 0 atom stereocenters. The molecule has 2 aromatic carbocycles. The molecule has 0 fully saturated rings. The molecule has 0 aliphatic heterocycles. The molecule has 6 rings (SSSR count). The number of aromatic carboxylic acids is 1. The molecule has 2 N–H and O–H groups in total. The van der Waals surface area contributed by atoms with Crippen LogP contribution in [0.15, 0.2) is 103 Å². The molecule has 0 aliphatic carbocycles. The van der Waals surface area contributed by atoms with Crippen molar-refractivity contribution in [2.45, 2.75) is 46.1 Å². The maximum absolute atomic E-state index is 11.7. The normalized spacial score (nSPS) is 11.4. The summed E-state index contributed by atoms with van der Waals surface area (Å²) >= 11 is 0. The van der Waals surface area contributed by atoms with E-state index in [1.54, 1.807) is 6.20 Å². The van der Waals surface area contributed by atoms with E-state index in [0.717, 1.165) is 58.6 Å². The van der Waals surface area contributed by atoms with Gasteiger partial charge in [-0.15, -0.1) is 0 Å². The standard InChI is InChI=1S/C48H50N6O3/c1-6-7-8-9-25-57-47-30-36(32-49-3)15-18-38(47)17-14-35-28-45(42-12-10-11-41(52-42)44-31-39(48(55)56)22-24-51-44)53-46(29-35)43-27-34(21-23-50-43)13-16-37-19-20-40(54(4)5)26-33(37)2/h10-24,26-31,49H,6-9,25,32H2,1-5H3,(H,55,56)/b16-13+,17-14+. The Morgan fingerprint density at radius 3 is 2.12 bits per heavy atom. The molecule has 57 heavy (non-hydrogen) atoms. The minimum absolute atomic E-state index is 0.142. The summed E-state index contributed by atoms with van der Waals surface area (Å²) in [5.74, 6) is -0.174. The van der Waals surface area contributed by atoms with Gasteiger partial charge < -0.3 is 20.1 Å². The minimum atomic E-state index is -1.02. The Morgan fingerprint density at radius 1 is 0.719 bits per heavy atom. The number of ether oxygens (including phenoxy) is 1. The maximum atomic E-state index is 11.7. The van der Waals surface area contributed by atoms with Crippen molar-refractivity contribution in [3.63, 3.8) is 0 Å². The first-order valence-corrected chi connectivity index (χ1v) is 19.4. The second-order valence-electron chi connectivity index (χ2n) is 14.2. The van der Waals surface area contributed by atoms with Gasteiger partial charge in [-0.05, 0) is 115 Å². The van der Waals surface area contributed by atoms with E-state index >= 15 is 0 Å². The first-order chi connectivity index (χ1) is 27.7. The molecule has 0 saturated carbocycles. The molecule has 0 unspecified atom stereocenters. The van der Waals surface area contributed by atoms with Crippen molar-refractivity contribution in [3.8, 4) is 39.9 Å². The molecule has 0 bridgehead atoms. The molecule has 290 valence electrons. The molecule has 0 saturated heterocycles. The summed E-state index contributed by atoms with van der Waals surface area (Å²) in [5.41, 5.74) is 11.3. The average Bonchev–Trinajstić information content (AvgIpc) is 3.23. The number of carboxylic acids is 1. The van der Waals surface area contributed by atoms with E-state index in [0.29, 0.717) is 40.8 Å². The largest absolute Gasteiger partial charge is 0.493 e. The number of hydrogen-bond acceptors (Lipinski definition) is 8. The van der Waals surface area contributed by atoms with Gasteiger partial charge >= 0.3 is 5.97 Å². The number of benzene rings is 2. The summed E-state index contributed by atoms with van der Waals surface area (Å²) in [4.78, 5) is 33.0. The predicted molar refractivity (Wildman–Crippen MR) is 233 cm³/mol. The number of nitrogens with one attached hydrogen (secondary N) is 1. The van der Waals surface area contributed by atoms with Gasteiger partial charge in [0.2, 0.25) is 0 Å². The Balaban J connectivity index is 1.39. The van der Waals surface area contributed by atoms with Gasteiger partial charge in [0.15, 0.2) is 0 Å². The Labute approximate surface area is 335 Å². The summed E-state index contributed by atoms with van der Waals surface area (Å²) in [6.07, 6.45) is 16.2. The van der Waals surface area contributed by atoms with Crippen LogP contribution in [-0.2, 0) is 6.54 Å². The lowest BCUT2D eigenvalue weighted by Crippen LogP contribution is -2.08. The Hall–Kier alpha value is -6.45. The number of nitrogens with zero attached hydrogens (tertiary/aromatic N) is 5. The van der Waals surface area contributed by atoms with E-state index in [-0.39, 0.29) is 5.56 Å². The van der Waals surface area contributed by atoms with Crippen LogP contribution >= 0.6 is 0 Å². The highest BCUT2D eigenvalue weighted by atomic mass is 16.5. The Bertz CT molecular complexity index is 2390. The van der Waals surface area contributed by atoms with E-state index in [2.05, 4.69) is 89.8 Å². The molecule has 0 amide bonds. The number of rotatable bonds is 17. The number of anilines is 1. The van der Waals surface area contributed by atoms with E-state index in [9.17, 15) is 9.90 Å². The van der Waals surface area contributed by atoms with Crippen molar-refractivity contribution >= 4 is 36.0 Å². The van der Waals surface area contributed by atoms with Crippen molar-refractivity contribution in [3.05, 3.63) is 142 Å². The van der Waals surface area contributed by atoms with Crippen LogP contribution in [0.2, 0.25) is 0 Å². The second kappa shape index (κ2) is 19.4. The Morgan fingerprint density at radius 2 is 1.39 bits per heavy atom. The van der Waals surface area contributed by atoms with Crippen molar-refractivity contribution in [1.29, 1.82) is 0 Å². The third-order valence-corrected chi connectivity index (χ3v) is 9.57. The van der Waals surface area contributed by atoms with Crippen LogP contribution in [0.3, 0.4) is 0 Å². The maximum Gasteiger partial charge on any atom is 0.335 e. The van der Waals surface area contributed by atoms with Crippen molar-refractivity contribution in [1.82, 2.24) is 25.3 Å². The van der Waals surface area contributed by atoms with Gasteiger partial charge in [-0.2, -0.15) is 0 Å². The molecule has 4 aromatic heterocycles. The SMILES string of the molecule is CCCCCCOc1cc(CNC)ccc1/C=C/c1cc(-c2cc(/C=C/c3ccc(N(C)C)cc3C)ccn2)nc(-c2cccc(-c3cc(C(=O)O)ccn3)n2)c1. The molecule has 9 nitrogen and oxygen atoms in total. The number of carboxylic acid groups (broad SMARTS) is 1. The lowest BCUT2D eigenvalue weighted by Gasteiger charge is -2.14. The molecule has 4 heterocycles. The highest BCUT2D eigenvalue weighted by molar-refractivity contribution is 5.88. The van der Waals surface area contributed by atoms with E-state index in [1.165, 1.54) is 36.7 Å². The zero-order valence-electron chi connectivity index (χ0n) is 33.4. The molecular formula is C48H50N6O3. The number of aryl methyl sites for hydroxylation is 1. The fraction of sp³-hybridized carbons (Fsp3) is 0.229. The first kappa shape index (κ1) is 40.2. The fourth-order valence-electron chi connectivity index (χ4n) is 6.39. The third-order valence-electron chi connectivity index (χ3n) is 9.57. The van der Waals surface area contributed by atoms with Crippen LogP contribution in [0.4, 0.5) is 5.69 Å². The zero-order chi connectivity index (χ0) is 40.1. The number of hydrogen-bond donors (Lipinski definition) is 2. The molecule has 0 spiro atoms. The summed E-state index contributed by atoms with van der Waals surface area (Å²) < 4.78 is 6.35. The van der Waals surface area contributed by atoms with Gasteiger partial charge in [0.1, 0.15) is 5.75 Å². The van der Waals surface area contributed by atoms with Crippen LogP contribution in [0.5, 0.6) is 5.75 Å². The summed E-state index contributed by atoms with van der Waals surface area (Å²) in [5, 5.41) is 12.8. The van der Waals surface area contributed by atoms with Crippen LogP contribution in [-0.4, -0.2) is 58.8 Å². The first-order valence-electron chi connectivity index (χ1n) is 19.4. The van der Waals surface area contributed by atoms with Crippen LogP contribution in [0.25, 0.3) is 58.5 Å². The average molecular weight is 759 g/mol. The highest BCUT2D eigenvalue weighted by Crippen LogP contribution is 2.29. The lowest BCUT2D eigenvalue weighted by molar-refractivity contribution is 0.0696. The predicted octanol–water partition coefficient (Wildman–Crippen LogP) is 10.4. The smallest absolute Gasteiger partial charge is 0.335 e. The van der Waals surface area contributed by atoms with Crippen LogP contribution in [0, 0.1) is 6.92 Å². The van der Waals surface area contributed by atoms with Crippen LogP contribution in [0.1, 0.15) is 76.3 Å². The molecule has 9 heteroatoms. The monoisotopic (exact) mass is 758 g/mol. The molecule has 0 aliphatic rings. The summed E-state index contributed by atoms with van der Waals surface area (Å²) in [6.45, 7) is 5.74. The van der Waals surface area contributed by atoms with E-state index < -0.39 is 5.97 Å². The van der Waals surface area contributed by atoms with E-state index in [4.69, 9.17) is 19.7 Å².